The van der Waals surface area contributed by atoms with Gasteiger partial charge in [0.05, 0.1) is 6.10 Å². The van der Waals surface area contributed by atoms with Gasteiger partial charge in [-0.3, -0.25) is 0 Å². The predicted octanol–water partition coefficient (Wildman–Crippen LogP) is 0.710. The molecule has 0 aromatic heterocycles. The molecule has 0 aliphatic carbocycles. The molecule has 0 spiro atoms. The average Bonchev–Trinajstić information content (AvgIpc) is 1.88. The van der Waals surface area contributed by atoms with Crippen LogP contribution in [-0.4, -0.2) is 23.8 Å². The Bertz CT molecular complexity index is 101. The van der Waals surface area contributed by atoms with Crippen LogP contribution >= 0.6 is 0 Å². The molecule has 0 heterocycles. The zero-order chi connectivity index (χ0) is 7.98. The van der Waals surface area contributed by atoms with E-state index in [1.807, 2.05) is 13.8 Å². The largest absolute Gasteiger partial charge is 0.461 e. The maximum atomic E-state index is 10.4. The summed E-state index contributed by atoms with van der Waals surface area (Å²) in [6.45, 7) is 3.31. The first-order chi connectivity index (χ1) is 4.70. The minimum atomic E-state index is -0.541. The molecule has 0 aliphatic rings. The Morgan fingerprint density at radius 1 is 1.70 bits per heavy atom. The highest BCUT2D eigenvalue weighted by atomic mass is 16.6. The Morgan fingerprint density at radius 2 is 2.30 bits per heavy atom. The zero-order valence-corrected chi connectivity index (χ0v) is 6.46. The van der Waals surface area contributed by atoms with Gasteiger partial charge in [-0.05, 0) is 13.3 Å². The Morgan fingerprint density at radius 3 is 2.70 bits per heavy atom. The van der Waals surface area contributed by atoms with Gasteiger partial charge in [0.25, 0.3) is 0 Å². The molecule has 0 aromatic rings. The lowest BCUT2D eigenvalue weighted by Crippen LogP contribution is -2.17. The number of hydrogen-bond acceptors (Lipinski definition) is 3. The quantitative estimate of drug-likeness (QED) is 0.594. The lowest BCUT2D eigenvalue weighted by atomic mass is 10.2. The molecular formula is C7H14O3. The number of aliphatic hydroxyl groups excluding tert-OH is 1. The molecule has 0 fully saturated rings. The third kappa shape index (κ3) is 4.32. The van der Waals surface area contributed by atoms with Gasteiger partial charge >= 0.3 is 5.97 Å². The van der Waals surface area contributed by atoms with Crippen LogP contribution in [0.25, 0.3) is 0 Å². The Balaban J connectivity index is 3.37. The summed E-state index contributed by atoms with van der Waals surface area (Å²) in [4.78, 5) is 10.4. The van der Waals surface area contributed by atoms with E-state index >= 15 is 0 Å². The molecular weight excluding hydrogens is 132 g/mol. The second kappa shape index (κ2) is 5.23. The van der Waals surface area contributed by atoms with Crippen LogP contribution in [0.5, 0.6) is 0 Å². The Labute approximate surface area is 61.0 Å². The summed E-state index contributed by atoms with van der Waals surface area (Å²) in [7, 11) is 0. The number of aliphatic hydroxyl groups is 1. The third-order valence-corrected chi connectivity index (χ3v) is 1.16. The van der Waals surface area contributed by atoms with Gasteiger partial charge in [0, 0.05) is 0 Å². The van der Waals surface area contributed by atoms with E-state index in [0.717, 1.165) is 12.8 Å². The van der Waals surface area contributed by atoms with Gasteiger partial charge in [0.2, 0.25) is 0 Å². The number of carbonyl (C=O) groups is 1. The lowest BCUT2D eigenvalue weighted by molar-refractivity contribution is -0.151. The molecule has 0 bridgehead atoms. The molecule has 0 amide bonds. The minimum Gasteiger partial charge on any atom is -0.461 e. The molecule has 0 saturated heterocycles. The maximum Gasteiger partial charge on any atom is 0.332 e. The van der Waals surface area contributed by atoms with Crippen molar-refractivity contribution in [3.8, 4) is 0 Å². The smallest absolute Gasteiger partial charge is 0.332 e. The molecule has 1 atom stereocenters. The highest BCUT2D eigenvalue weighted by Gasteiger charge is 2.05. The molecule has 60 valence electrons. The summed E-state index contributed by atoms with van der Waals surface area (Å²) in [5.41, 5.74) is 0. The molecule has 0 aliphatic heterocycles. The molecule has 0 aromatic carbocycles. The molecule has 3 heteroatoms. The van der Waals surface area contributed by atoms with Gasteiger partial charge in [-0.1, -0.05) is 13.3 Å². The standard InChI is InChI=1S/C7H14O3/c1-3-4-6(2)10-7(9)5-8/h6,8H,3-5H2,1-2H3. The van der Waals surface area contributed by atoms with Gasteiger partial charge in [-0.25, -0.2) is 4.79 Å². The molecule has 1 N–H and O–H groups in total. The number of hydrogen-bond donors (Lipinski definition) is 1. The summed E-state index contributed by atoms with van der Waals surface area (Å²) in [5, 5.41) is 8.28. The minimum absolute atomic E-state index is 0.0651. The van der Waals surface area contributed by atoms with Crippen molar-refractivity contribution in [3.05, 3.63) is 0 Å². The molecule has 10 heavy (non-hydrogen) atoms. The van der Waals surface area contributed by atoms with E-state index in [2.05, 4.69) is 0 Å². The molecule has 0 rings (SSSR count). The van der Waals surface area contributed by atoms with E-state index in [0.29, 0.717) is 0 Å². The molecule has 0 radical (unpaired) electrons. The fourth-order valence-electron chi connectivity index (χ4n) is 0.727. The first-order valence-corrected chi connectivity index (χ1v) is 3.51. The van der Waals surface area contributed by atoms with Crippen molar-refractivity contribution in [2.24, 2.45) is 0 Å². The second-order valence-electron chi connectivity index (χ2n) is 2.25. The van der Waals surface area contributed by atoms with Gasteiger partial charge in [0.15, 0.2) is 0 Å². The Kier molecular flexibility index (Phi) is 4.94. The summed E-state index contributed by atoms with van der Waals surface area (Å²) < 4.78 is 4.75. The van der Waals surface area contributed by atoms with Crippen LogP contribution in [0.4, 0.5) is 0 Å². The number of carbonyl (C=O) groups excluding carboxylic acids is 1. The number of rotatable bonds is 4. The van der Waals surface area contributed by atoms with Crippen molar-refractivity contribution in [1.29, 1.82) is 0 Å². The fraction of sp³-hybridized carbons (Fsp3) is 0.857. The highest BCUT2D eigenvalue weighted by molar-refractivity contribution is 5.70. The second-order valence-corrected chi connectivity index (χ2v) is 2.25. The van der Waals surface area contributed by atoms with Crippen molar-refractivity contribution < 1.29 is 14.6 Å². The van der Waals surface area contributed by atoms with Gasteiger partial charge in [0.1, 0.15) is 6.61 Å². The summed E-state index contributed by atoms with van der Waals surface area (Å²) >= 11 is 0. The van der Waals surface area contributed by atoms with Crippen molar-refractivity contribution in [2.75, 3.05) is 6.61 Å². The van der Waals surface area contributed by atoms with Crippen LogP contribution < -0.4 is 0 Å². The normalized spacial score (nSPS) is 12.7. The SMILES string of the molecule is CCCC(C)OC(=O)CO. The van der Waals surface area contributed by atoms with Gasteiger partial charge in [-0.15, -0.1) is 0 Å². The highest BCUT2D eigenvalue weighted by Crippen LogP contribution is 1.99. The number of esters is 1. The van der Waals surface area contributed by atoms with Crippen LogP contribution in [0.15, 0.2) is 0 Å². The average molecular weight is 146 g/mol. The van der Waals surface area contributed by atoms with Crippen molar-refractivity contribution in [2.45, 2.75) is 32.8 Å². The van der Waals surface area contributed by atoms with E-state index < -0.39 is 12.6 Å². The summed E-state index contributed by atoms with van der Waals surface area (Å²) in [5.74, 6) is -0.541. The first-order valence-electron chi connectivity index (χ1n) is 3.51. The summed E-state index contributed by atoms with van der Waals surface area (Å²) in [6.07, 6.45) is 1.77. The topological polar surface area (TPSA) is 46.5 Å². The van der Waals surface area contributed by atoms with Crippen LogP contribution in [0.1, 0.15) is 26.7 Å². The van der Waals surface area contributed by atoms with Crippen LogP contribution in [0, 0.1) is 0 Å². The molecule has 1 unspecified atom stereocenters. The predicted molar refractivity (Wildman–Crippen MR) is 37.5 cm³/mol. The van der Waals surface area contributed by atoms with E-state index in [-0.39, 0.29) is 6.10 Å². The van der Waals surface area contributed by atoms with E-state index in [9.17, 15) is 4.79 Å². The van der Waals surface area contributed by atoms with Crippen molar-refractivity contribution >= 4 is 5.97 Å². The molecule has 3 nitrogen and oxygen atoms in total. The first kappa shape index (κ1) is 9.43. The molecule has 0 saturated carbocycles. The van der Waals surface area contributed by atoms with Crippen LogP contribution in [-0.2, 0) is 9.53 Å². The summed E-state index contributed by atoms with van der Waals surface area (Å²) in [6, 6.07) is 0. The van der Waals surface area contributed by atoms with Gasteiger partial charge in [-0.2, -0.15) is 0 Å². The van der Waals surface area contributed by atoms with Crippen molar-refractivity contribution in [1.82, 2.24) is 0 Å². The zero-order valence-electron chi connectivity index (χ0n) is 6.46. The van der Waals surface area contributed by atoms with Gasteiger partial charge < -0.3 is 9.84 Å². The lowest BCUT2D eigenvalue weighted by Gasteiger charge is -2.09. The fourth-order valence-corrected chi connectivity index (χ4v) is 0.727. The Hall–Kier alpha value is -0.570. The van der Waals surface area contributed by atoms with E-state index in [1.54, 1.807) is 0 Å². The van der Waals surface area contributed by atoms with E-state index in [1.165, 1.54) is 0 Å². The third-order valence-electron chi connectivity index (χ3n) is 1.16. The maximum absolute atomic E-state index is 10.4. The number of ether oxygens (including phenoxy) is 1. The van der Waals surface area contributed by atoms with E-state index in [4.69, 9.17) is 9.84 Å². The monoisotopic (exact) mass is 146 g/mol. The van der Waals surface area contributed by atoms with Crippen molar-refractivity contribution in [3.63, 3.8) is 0 Å². The van der Waals surface area contributed by atoms with Crippen LogP contribution in [0.2, 0.25) is 0 Å². The van der Waals surface area contributed by atoms with Crippen LogP contribution in [0.3, 0.4) is 0 Å².